The molecular weight excluding hydrogens is 247 g/mol. The molecule has 1 aromatic carbocycles. The van der Waals surface area contributed by atoms with Crippen molar-refractivity contribution < 1.29 is 4.79 Å². The Kier molecular flexibility index (Phi) is 4.44. The third kappa shape index (κ3) is 3.03. The van der Waals surface area contributed by atoms with Crippen LogP contribution < -0.4 is 10.2 Å². The predicted octanol–water partition coefficient (Wildman–Crippen LogP) is 2.97. The zero-order valence-electron chi connectivity index (χ0n) is 9.42. The topological polar surface area (TPSA) is 32.3 Å². The van der Waals surface area contributed by atoms with E-state index in [4.69, 9.17) is 23.2 Å². The van der Waals surface area contributed by atoms with Crippen molar-refractivity contribution in [3.05, 3.63) is 23.2 Å². The molecule has 1 rings (SSSR count). The van der Waals surface area contributed by atoms with Gasteiger partial charge < -0.3 is 10.2 Å². The maximum atomic E-state index is 11.5. The molecule has 1 amide bonds. The van der Waals surface area contributed by atoms with Crippen LogP contribution in [0.2, 0.25) is 5.02 Å². The average Bonchev–Trinajstić information content (AvgIpc) is 2.16. The van der Waals surface area contributed by atoms with E-state index in [2.05, 4.69) is 5.32 Å². The molecule has 88 valence electrons. The second kappa shape index (κ2) is 5.41. The summed E-state index contributed by atoms with van der Waals surface area (Å²) in [6, 6.07) is 5.35. The predicted molar refractivity (Wildman–Crippen MR) is 69.7 cm³/mol. The van der Waals surface area contributed by atoms with Gasteiger partial charge in [0.25, 0.3) is 0 Å². The maximum Gasteiger partial charge on any atom is 0.242 e. The van der Waals surface area contributed by atoms with Crippen molar-refractivity contribution >= 4 is 40.5 Å². The summed E-state index contributed by atoms with van der Waals surface area (Å²) < 4.78 is 0. The Labute approximate surface area is 105 Å². The highest BCUT2D eigenvalue weighted by Crippen LogP contribution is 2.32. The molecule has 16 heavy (non-hydrogen) atoms. The standard InChI is InChI=1S/C11H14Cl2N2O/c1-7(12)11(16)14-9-6-4-5-8(13)10(9)15(2)3/h4-7H,1-3H3,(H,14,16). The Morgan fingerprint density at radius 1 is 1.44 bits per heavy atom. The molecule has 0 heterocycles. The van der Waals surface area contributed by atoms with E-state index >= 15 is 0 Å². The molecule has 1 atom stereocenters. The van der Waals surface area contributed by atoms with Crippen LogP contribution in [0.3, 0.4) is 0 Å². The highest BCUT2D eigenvalue weighted by Gasteiger charge is 2.14. The van der Waals surface area contributed by atoms with E-state index in [0.717, 1.165) is 5.69 Å². The van der Waals surface area contributed by atoms with E-state index in [1.165, 1.54) is 0 Å². The third-order valence-electron chi connectivity index (χ3n) is 2.05. The zero-order valence-corrected chi connectivity index (χ0v) is 10.9. The number of alkyl halides is 1. The first-order chi connectivity index (χ1) is 7.43. The molecule has 1 aromatic rings. The van der Waals surface area contributed by atoms with Gasteiger partial charge in [-0.1, -0.05) is 17.7 Å². The summed E-state index contributed by atoms with van der Waals surface area (Å²) in [6.07, 6.45) is 0. The first kappa shape index (κ1) is 13.1. The summed E-state index contributed by atoms with van der Waals surface area (Å²) >= 11 is 11.8. The molecule has 0 bridgehead atoms. The smallest absolute Gasteiger partial charge is 0.242 e. The van der Waals surface area contributed by atoms with Crippen molar-refractivity contribution in [1.29, 1.82) is 0 Å². The van der Waals surface area contributed by atoms with Crippen LogP contribution >= 0.6 is 23.2 Å². The largest absolute Gasteiger partial charge is 0.375 e. The van der Waals surface area contributed by atoms with E-state index in [1.807, 2.05) is 19.0 Å². The van der Waals surface area contributed by atoms with Crippen LogP contribution in [0.4, 0.5) is 11.4 Å². The third-order valence-corrected chi connectivity index (χ3v) is 2.56. The number of amides is 1. The van der Waals surface area contributed by atoms with Gasteiger partial charge in [0.05, 0.1) is 16.4 Å². The summed E-state index contributed by atoms with van der Waals surface area (Å²) in [5.41, 5.74) is 1.44. The van der Waals surface area contributed by atoms with Crippen LogP contribution in [0, 0.1) is 0 Å². The highest BCUT2D eigenvalue weighted by molar-refractivity contribution is 6.35. The second-order valence-corrected chi connectivity index (χ2v) is 4.70. The van der Waals surface area contributed by atoms with E-state index in [0.29, 0.717) is 10.7 Å². The van der Waals surface area contributed by atoms with Crippen LogP contribution in [0.25, 0.3) is 0 Å². The Hall–Kier alpha value is -0.930. The normalized spacial score (nSPS) is 12.1. The van der Waals surface area contributed by atoms with Crippen molar-refractivity contribution in [3.8, 4) is 0 Å². The minimum absolute atomic E-state index is 0.243. The van der Waals surface area contributed by atoms with E-state index < -0.39 is 5.38 Å². The summed E-state index contributed by atoms with van der Waals surface area (Å²) in [4.78, 5) is 13.3. The van der Waals surface area contributed by atoms with E-state index in [1.54, 1.807) is 25.1 Å². The highest BCUT2D eigenvalue weighted by atomic mass is 35.5. The Bertz CT molecular complexity index is 392. The SMILES string of the molecule is CC(Cl)C(=O)Nc1cccc(Cl)c1N(C)C. The minimum Gasteiger partial charge on any atom is -0.375 e. The molecule has 0 aromatic heterocycles. The van der Waals surface area contributed by atoms with Crippen LogP contribution in [-0.4, -0.2) is 25.4 Å². The summed E-state index contributed by atoms with van der Waals surface area (Å²) in [5.74, 6) is -0.243. The van der Waals surface area contributed by atoms with E-state index in [-0.39, 0.29) is 5.91 Å². The first-order valence-electron chi connectivity index (χ1n) is 4.84. The minimum atomic E-state index is -0.575. The van der Waals surface area contributed by atoms with E-state index in [9.17, 15) is 4.79 Å². The first-order valence-corrected chi connectivity index (χ1v) is 5.65. The van der Waals surface area contributed by atoms with Gasteiger partial charge in [-0.05, 0) is 19.1 Å². The number of carbonyl (C=O) groups excluding carboxylic acids is 1. The molecule has 3 nitrogen and oxygen atoms in total. The molecule has 0 saturated heterocycles. The van der Waals surface area contributed by atoms with Crippen molar-refractivity contribution in [2.75, 3.05) is 24.3 Å². The molecule has 0 spiro atoms. The van der Waals surface area contributed by atoms with Crippen molar-refractivity contribution in [1.82, 2.24) is 0 Å². The number of rotatable bonds is 3. The lowest BCUT2D eigenvalue weighted by molar-refractivity contribution is -0.115. The van der Waals surface area contributed by atoms with Crippen LogP contribution in [-0.2, 0) is 4.79 Å². The maximum absolute atomic E-state index is 11.5. The van der Waals surface area contributed by atoms with Gasteiger partial charge >= 0.3 is 0 Å². The Morgan fingerprint density at radius 3 is 2.56 bits per heavy atom. The Balaban J connectivity index is 3.04. The van der Waals surface area contributed by atoms with Gasteiger partial charge in [0.15, 0.2) is 0 Å². The number of anilines is 2. The number of halogens is 2. The number of nitrogens with zero attached hydrogens (tertiary/aromatic N) is 1. The van der Waals surface area contributed by atoms with Crippen molar-refractivity contribution in [2.45, 2.75) is 12.3 Å². The average molecular weight is 261 g/mol. The molecule has 0 saturated carbocycles. The van der Waals surface area contributed by atoms with Gasteiger partial charge in [-0.3, -0.25) is 4.79 Å². The lowest BCUT2D eigenvalue weighted by Gasteiger charge is -2.19. The fourth-order valence-corrected chi connectivity index (χ4v) is 1.70. The molecule has 5 heteroatoms. The summed E-state index contributed by atoms with van der Waals surface area (Å²) in [5, 5.41) is 2.75. The van der Waals surface area contributed by atoms with Gasteiger partial charge in [-0.15, -0.1) is 11.6 Å². The van der Waals surface area contributed by atoms with Gasteiger partial charge in [0.2, 0.25) is 5.91 Å². The molecule has 0 fully saturated rings. The lowest BCUT2D eigenvalue weighted by atomic mass is 10.2. The fraction of sp³-hybridized carbons (Fsp3) is 0.364. The zero-order chi connectivity index (χ0) is 12.3. The number of hydrogen-bond acceptors (Lipinski definition) is 2. The molecule has 1 unspecified atom stereocenters. The van der Waals surface area contributed by atoms with Crippen molar-refractivity contribution in [2.24, 2.45) is 0 Å². The fourth-order valence-electron chi connectivity index (χ4n) is 1.30. The Morgan fingerprint density at radius 2 is 2.06 bits per heavy atom. The molecule has 0 radical (unpaired) electrons. The quantitative estimate of drug-likeness (QED) is 0.848. The molecular formula is C11H14Cl2N2O. The van der Waals surface area contributed by atoms with Crippen LogP contribution in [0.1, 0.15) is 6.92 Å². The van der Waals surface area contributed by atoms with Crippen LogP contribution in [0.5, 0.6) is 0 Å². The molecule has 0 aliphatic rings. The summed E-state index contributed by atoms with van der Waals surface area (Å²) in [7, 11) is 3.72. The lowest BCUT2D eigenvalue weighted by Crippen LogP contribution is -2.22. The number of benzene rings is 1. The summed E-state index contributed by atoms with van der Waals surface area (Å²) in [6.45, 7) is 1.62. The second-order valence-electron chi connectivity index (χ2n) is 3.64. The van der Waals surface area contributed by atoms with Gasteiger partial charge in [0.1, 0.15) is 5.38 Å². The monoisotopic (exact) mass is 260 g/mol. The molecule has 1 N–H and O–H groups in total. The molecule has 0 aliphatic heterocycles. The van der Waals surface area contributed by atoms with Crippen molar-refractivity contribution in [3.63, 3.8) is 0 Å². The van der Waals surface area contributed by atoms with Crippen LogP contribution in [0.15, 0.2) is 18.2 Å². The number of para-hydroxylation sites is 1. The number of nitrogens with one attached hydrogen (secondary N) is 1. The van der Waals surface area contributed by atoms with Gasteiger partial charge in [-0.25, -0.2) is 0 Å². The number of carbonyl (C=O) groups is 1. The molecule has 0 aliphatic carbocycles. The van der Waals surface area contributed by atoms with Gasteiger partial charge in [-0.2, -0.15) is 0 Å². The van der Waals surface area contributed by atoms with Gasteiger partial charge in [0, 0.05) is 14.1 Å². The number of hydrogen-bond donors (Lipinski definition) is 1.